The predicted octanol–water partition coefficient (Wildman–Crippen LogP) is 0.522. The Morgan fingerprint density at radius 2 is 2.11 bits per heavy atom. The molecule has 1 saturated heterocycles. The van der Waals surface area contributed by atoms with Gasteiger partial charge in [0.05, 0.1) is 0 Å². The smallest absolute Gasteiger partial charge is 0.304 e. The van der Waals surface area contributed by atoms with Crippen molar-refractivity contribution in [3.63, 3.8) is 0 Å². The Morgan fingerprint density at radius 1 is 1.47 bits per heavy atom. The lowest BCUT2D eigenvalue weighted by Crippen LogP contribution is -2.36. The van der Waals surface area contributed by atoms with Crippen LogP contribution in [0.1, 0.15) is 25.8 Å². The molecule has 0 saturated carbocycles. The highest BCUT2D eigenvalue weighted by Crippen LogP contribution is 2.28. The van der Waals surface area contributed by atoms with E-state index in [1.807, 2.05) is 12.1 Å². The average molecular weight is 258 g/mol. The summed E-state index contributed by atoms with van der Waals surface area (Å²) in [7, 11) is 0.102. The summed E-state index contributed by atoms with van der Waals surface area (Å²) in [5, 5.41) is 9.05. The van der Waals surface area contributed by atoms with Crippen molar-refractivity contribution in [3.05, 3.63) is 42.1 Å². The van der Waals surface area contributed by atoms with Crippen LogP contribution in [0.3, 0.4) is 0 Å². The molecule has 19 heavy (non-hydrogen) atoms. The van der Waals surface area contributed by atoms with Gasteiger partial charge in [-0.1, -0.05) is 36.3 Å². The highest BCUT2D eigenvalue weighted by molar-refractivity contribution is 6.45. The Balaban J connectivity index is 2.03. The van der Waals surface area contributed by atoms with Crippen LogP contribution in [-0.4, -0.2) is 35.5 Å². The van der Waals surface area contributed by atoms with Crippen molar-refractivity contribution in [2.24, 2.45) is 5.73 Å². The number of rotatable bonds is 4. The summed E-state index contributed by atoms with van der Waals surface area (Å²) in [5.41, 5.74) is 9.36. The standard InChI is InChI=1S/C15H23BN2O/c1-10(18-11(2)9-15(17)12(18)3)8-13-4-6-14(16-19)7-5-13/h4-7,10-11,15-16,19H,3,8-9,17H2,1-2H3/t10-,11?,15?/m1/s1. The van der Waals surface area contributed by atoms with Crippen LogP contribution in [0.25, 0.3) is 0 Å². The molecule has 2 rings (SSSR count). The van der Waals surface area contributed by atoms with Crippen molar-refractivity contribution >= 4 is 12.9 Å². The Labute approximate surface area is 116 Å². The van der Waals surface area contributed by atoms with Gasteiger partial charge in [-0.25, -0.2) is 0 Å². The third-order valence-corrected chi connectivity index (χ3v) is 4.04. The average Bonchev–Trinajstić information content (AvgIpc) is 2.64. The quantitative estimate of drug-likeness (QED) is 0.774. The van der Waals surface area contributed by atoms with E-state index in [1.165, 1.54) is 5.56 Å². The Morgan fingerprint density at radius 3 is 2.58 bits per heavy atom. The van der Waals surface area contributed by atoms with Crippen LogP contribution >= 0.6 is 0 Å². The lowest BCUT2D eigenvalue weighted by atomic mass is 9.88. The first-order chi connectivity index (χ1) is 9.02. The fourth-order valence-electron chi connectivity index (χ4n) is 3.03. The molecule has 102 valence electrons. The van der Waals surface area contributed by atoms with Gasteiger partial charge in [-0.15, -0.1) is 0 Å². The van der Waals surface area contributed by atoms with Crippen LogP contribution in [0.5, 0.6) is 0 Å². The second kappa shape index (κ2) is 5.80. The van der Waals surface area contributed by atoms with Crippen molar-refractivity contribution in [2.45, 2.75) is 44.8 Å². The van der Waals surface area contributed by atoms with E-state index >= 15 is 0 Å². The fraction of sp³-hybridized carbons (Fsp3) is 0.467. The minimum absolute atomic E-state index is 0.102. The maximum absolute atomic E-state index is 9.05. The Bertz CT molecular complexity index is 446. The van der Waals surface area contributed by atoms with Gasteiger partial charge in [0.25, 0.3) is 0 Å². The van der Waals surface area contributed by atoms with Crippen LogP contribution in [0.2, 0.25) is 0 Å². The van der Waals surface area contributed by atoms with Crippen LogP contribution in [0.15, 0.2) is 36.5 Å². The molecule has 3 nitrogen and oxygen atoms in total. The van der Waals surface area contributed by atoms with Crippen molar-refractivity contribution in [1.82, 2.24) is 4.90 Å². The molecule has 3 N–H and O–H groups in total. The van der Waals surface area contributed by atoms with Crippen LogP contribution in [0, 0.1) is 0 Å². The fourth-order valence-corrected chi connectivity index (χ4v) is 3.03. The van der Waals surface area contributed by atoms with Gasteiger partial charge in [0.15, 0.2) is 0 Å². The first kappa shape index (κ1) is 14.2. The summed E-state index contributed by atoms with van der Waals surface area (Å²) in [5.74, 6) is 0. The minimum Gasteiger partial charge on any atom is -0.449 e. The molecule has 1 aromatic rings. The van der Waals surface area contributed by atoms with Crippen molar-refractivity contribution in [2.75, 3.05) is 0 Å². The number of likely N-dealkylation sites (tertiary alicyclic amines) is 1. The first-order valence-corrected chi connectivity index (χ1v) is 6.94. The van der Waals surface area contributed by atoms with Gasteiger partial charge in [-0.3, -0.25) is 0 Å². The maximum Gasteiger partial charge on any atom is 0.304 e. The highest BCUT2D eigenvalue weighted by Gasteiger charge is 2.32. The molecule has 1 aliphatic heterocycles. The van der Waals surface area contributed by atoms with Crippen molar-refractivity contribution in [3.8, 4) is 0 Å². The zero-order valence-corrected chi connectivity index (χ0v) is 11.8. The lowest BCUT2D eigenvalue weighted by Gasteiger charge is -2.32. The van der Waals surface area contributed by atoms with Gasteiger partial charge in [0, 0.05) is 23.8 Å². The van der Waals surface area contributed by atoms with Gasteiger partial charge in [0.1, 0.15) is 0 Å². The highest BCUT2D eigenvalue weighted by atomic mass is 16.2. The second-order valence-electron chi connectivity index (χ2n) is 5.62. The number of hydrogen-bond acceptors (Lipinski definition) is 3. The molecule has 0 spiro atoms. The summed E-state index contributed by atoms with van der Waals surface area (Å²) >= 11 is 0. The summed E-state index contributed by atoms with van der Waals surface area (Å²) in [6, 6.07) is 9.11. The summed E-state index contributed by atoms with van der Waals surface area (Å²) < 4.78 is 0. The molecular weight excluding hydrogens is 235 g/mol. The SMILES string of the molecule is C=C1C(N)CC(C)N1[C@H](C)Cc1ccc(BO)cc1. The van der Waals surface area contributed by atoms with E-state index in [4.69, 9.17) is 10.8 Å². The molecule has 0 aliphatic carbocycles. The lowest BCUT2D eigenvalue weighted by molar-refractivity contribution is 0.240. The van der Waals surface area contributed by atoms with E-state index in [2.05, 4.69) is 37.5 Å². The molecule has 1 heterocycles. The van der Waals surface area contributed by atoms with Crippen LogP contribution in [0.4, 0.5) is 0 Å². The third kappa shape index (κ3) is 3.02. The molecule has 0 amide bonds. The predicted molar refractivity (Wildman–Crippen MR) is 81.6 cm³/mol. The molecule has 1 fully saturated rings. The van der Waals surface area contributed by atoms with E-state index in [1.54, 1.807) is 0 Å². The van der Waals surface area contributed by atoms with Gasteiger partial charge >= 0.3 is 7.48 Å². The van der Waals surface area contributed by atoms with Crippen LogP contribution in [-0.2, 0) is 6.42 Å². The van der Waals surface area contributed by atoms with Crippen molar-refractivity contribution < 1.29 is 5.02 Å². The monoisotopic (exact) mass is 258 g/mol. The molecule has 1 aromatic carbocycles. The van der Waals surface area contributed by atoms with Gasteiger partial charge in [-0.05, 0) is 32.3 Å². The Kier molecular flexibility index (Phi) is 4.33. The molecule has 0 bridgehead atoms. The van der Waals surface area contributed by atoms with Gasteiger partial charge in [-0.2, -0.15) is 0 Å². The van der Waals surface area contributed by atoms with E-state index in [9.17, 15) is 0 Å². The Hall–Kier alpha value is -1.26. The molecule has 1 aliphatic rings. The van der Waals surface area contributed by atoms with E-state index in [0.717, 1.165) is 24.0 Å². The topological polar surface area (TPSA) is 49.5 Å². The zero-order chi connectivity index (χ0) is 14.0. The molecule has 0 aromatic heterocycles. The van der Waals surface area contributed by atoms with Gasteiger partial charge in [0.2, 0.25) is 0 Å². The largest absolute Gasteiger partial charge is 0.449 e. The number of nitrogens with zero attached hydrogens (tertiary/aromatic N) is 1. The molecular formula is C15H23BN2O. The third-order valence-electron chi connectivity index (χ3n) is 4.04. The number of hydrogen-bond donors (Lipinski definition) is 2. The first-order valence-electron chi connectivity index (χ1n) is 6.94. The molecule has 0 radical (unpaired) electrons. The molecule has 2 unspecified atom stereocenters. The van der Waals surface area contributed by atoms with E-state index < -0.39 is 0 Å². The van der Waals surface area contributed by atoms with Gasteiger partial charge < -0.3 is 15.7 Å². The van der Waals surface area contributed by atoms with Crippen LogP contribution < -0.4 is 11.2 Å². The summed E-state index contributed by atoms with van der Waals surface area (Å²) in [6.07, 6.45) is 1.97. The second-order valence-corrected chi connectivity index (χ2v) is 5.62. The van der Waals surface area contributed by atoms with E-state index in [-0.39, 0.29) is 13.5 Å². The molecule has 3 atom stereocenters. The number of benzene rings is 1. The minimum atomic E-state index is 0.102. The summed E-state index contributed by atoms with van der Waals surface area (Å²) in [6.45, 7) is 8.56. The summed E-state index contributed by atoms with van der Waals surface area (Å²) in [4.78, 5) is 2.35. The normalized spacial score (nSPS) is 24.6. The molecule has 4 heteroatoms. The zero-order valence-electron chi connectivity index (χ0n) is 11.8. The number of nitrogens with two attached hydrogens (primary N) is 1. The maximum atomic E-state index is 9.05. The van der Waals surface area contributed by atoms with Crippen molar-refractivity contribution in [1.29, 1.82) is 0 Å². The van der Waals surface area contributed by atoms with E-state index in [0.29, 0.717) is 12.1 Å².